The molecule has 84 valence electrons. The Hall–Kier alpha value is -2.34. The molecule has 3 heteroatoms. The van der Waals surface area contributed by atoms with Gasteiger partial charge in [-0.2, -0.15) is 5.26 Å². The number of ether oxygens (including phenoxy) is 1. The first kappa shape index (κ1) is 11.2. The molecule has 0 fully saturated rings. The molecule has 0 radical (unpaired) electrons. The molecule has 2 aromatic carbocycles. The van der Waals surface area contributed by atoms with Crippen molar-refractivity contribution < 1.29 is 9.13 Å². The summed E-state index contributed by atoms with van der Waals surface area (Å²) < 4.78 is 17.9. The number of rotatable bonds is 3. The highest BCUT2D eigenvalue weighted by molar-refractivity contribution is 5.63. The fourth-order valence-corrected chi connectivity index (χ4v) is 1.50. The van der Waals surface area contributed by atoms with Crippen LogP contribution in [0.25, 0.3) is 11.1 Å². The van der Waals surface area contributed by atoms with Gasteiger partial charge in [-0.1, -0.05) is 24.3 Å². The summed E-state index contributed by atoms with van der Waals surface area (Å²) in [5, 5.41) is 8.38. The highest BCUT2D eigenvalue weighted by Crippen LogP contribution is 2.22. The Bertz CT molecular complexity index is 526. The Kier molecular flexibility index (Phi) is 3.37. The maximum atomic E-state index is 12.8. The van der Waals surface area contributed by atoms with Crippen molar-refractivity contribution in [3.63, 3.8) is 0 Å². The molecule has 2 nitrogen and oxygen atoms in total. The molecule has 0 unspecified atom stereocenters. The lowest BCUT2D eigenvalue weighted by atomic mass is 10.1. The van der Waals surface area contributed by atoms with Crippen molar-refractivity contribution in [1.82, 2.24) is 0 Å². The Morgan fingerprint density at radius 3 is 2.00 bits per heavy atom. The van der Waals surface area contributed by atoms with Crippen LogP contribution < -0.4 is 4.74 Å². The normalized spacial score (nSPS) is 9.65. The summed E-state index contributed by atoms with van der Waals surface area (Å²) in [6, 6.07) is 15.5. The van der Waals surface area contributed by atoms with Gasteiger partial charge in [0.05, 0.1) is 0 Å². The molecule has 2 rings (SSSR count). The van der Waals surface area contributed by atoms with Crippen LogP contribution in [-0.2, 0) is 0 Å². The summed E-state index contributed by atoms with van der Waals surface area (Å²) in [7, 11) is 0. The molecule has 0 N–H and O–H groups in total. The van der Waals surface area contributed by atoms with Crippen LogP contribution in [-0.4, -0.2) is 6.61 Å². The van der Waals surface area contributed by atoms with Crippen LogP contribution in [0.2, 0.25) is 0 Å². The quantitative estimate of drug-likeness (QED) is 0.805. The maximum Gasteiger partial charge on any atom is 0.174 e. The molecule has 0 saturated heterocycles. The minimum Gasteiger partial charge on any atom is -0.479 e. The van der Waals surface area contributed by atoms with E-state index in [0.717, 1.165) is 11.1 Å². The average Bonchev–Trinajstić information content (AvgIpc) is 2.38. The predicted molar refractivity (Wildman–Crippen MR) is 62.9 cm³/mol. The van der Waals surface area contributed by atoms with E-state index in [2.05, 4.69) is 0 Å². The lowest BCUT2D eigenvalue weighted by molar-refractivity contribution is 0.368. The number of nitrogens with zero attached hydrogens (tertiary/aromatic N) is 1. The number of halogens is 1. The molecule has 0 aliphatic carbocycles. The number of hydrogen-bond acceptors (Lipinski definition) is 2. The first-order valence-corrected chi connectivity index (χ1v) is 5.15. The minimum absolute atomic E-state index is 0.0376. The van der Waals surface area contributed by atoms with Crippen molar-refractivity contribution in [2.75, 3.05) is 6.61 Å². The summed E-state index contributed by atoms with van der Waals surface area (Å²) in [5.74, 6) is 0.403. The second kappa shape index (κ2) is 5.13. The molecule has 0 saturated carbocycles. The van der Waals surface area contributed by atoms with E-state index in [1.165, 1.54) is 12.1 Å². The first-order chi connectivity index (χ1) is 8.29. The van der Waals surface area contributed by atoms with Crippen molar-refractivity contribution in [3.05, 3.63) is 54.3 Å². The van der Waals surface area contributed by atoms with Crippen molar-refractivity contribution >= 4 is 0 Å². The zero-order valence-electron chi connectivity index (χ0n) is 9.06. The van der Waals surface area contributed by atoms with E-state index in [1.807, 2.05) is 18.2 Å². The molecule has 0 aliphatic rings. The number of nitriles is 1. The van der Waals surface area contributed by atoms with Gasteiger partial charge in [-0.05, 0) is 35.4 Å². The molecule has 17 heavy (non-hydrogen) atoms. The summed E-state index contributed by atoms with van der Waals surface area (Å²) >= 11 is 0. The fourth-order valence-electron chi connectivity index (χ4n) is 1.50. The summed E-state index contributed by atoms with van der Waals surface area (Å²) in [5.41, 5.74) is 1.92. The van der Waals surface area contributed by atoms with E-state index in [4.69, 9.17) is 10.00 Å². The fraction of sp³-hybridized carbons (Fsp3) is 0.0714. The van der Waals surface area contributed by atoms with Crippen LogP contribution in [0.1, 0.15) is 0 Å². The van der Waals surface area contributed by atoms with E-state index in [1.54, 1.807) is 24.3 Å². The standard InChI is InChI=1S/C14H10FNO/c15-13-5-1-11(2-6-13)12-3-7-14(8-4-12)17-10-9-16/h1-8H,10H2. The van der Waals surface area contributed by atoms with Gasteiger partial charge >= 0.3 is 0 Å². The van der Waals surface area contributed by atoms with Gasteiger partial charge in [0.2, 0.25) is 0 Å². The SMILES string of the molecule is N#CCOc1ccc(-c2ccc(F)cc2)cc1. The zero-order chi connectivity index (χ0) is 12.1. The first-order valence-electron chi connectivity index (χ1n) is 5.15. The zero-order valence-corrected chi connectivity index (χ0v) is 9.06. The second-order valence-electron chi connectivity index (χ2n) is 3.48. The summed E-state index contributed by atoms with van der Waals surface area (Å²) in [4.78, 5) is 0. The van der Waals surface area contributed by atoms with Crippen molar-refractivity contribution in [3.8, 4) is 22.9 Å². The summed E-state index contributed by atoms with van der Waals surface area (Å²) in [6.45, 7) is 0.0376. The van der Waals surface area contributed by atoms with Crippen molar-refractivity contribution in [2.45, 2.75) is 0 Å². The Morgan fingerprint density at radius 2 is 1.47 bits per heavy atom. The molecule has 0 aliphatic heterocycles. The molecule has 2 aromatic rings. The van der Waals surface area contributed by atoms with Crippen LogP contribution >= 0.6 is 0 Å². The molecule has 0 amide bonds. The monoisotopic (exact) mass is 227 g/mol. The third kappa shape index (κ3) is 2.82. The maximum absolute atomic E-state index is 12.8. The smallest absolute Gasteiger partial charge is 0.174 e. The molecule has 0 atom stereocenters. The molecule has 0 heterocycles. The molecule has 0 spiro atoms. The Morgan fingerprint density at radius 1 is 0.941 bits per heavy atom. The van der Waals surface area contributed by atoms with Crippen molar-refractivity contribution in [1.29, 1.82) is 5.26 Å². The van der Waals surface area contributed by atoms with Gasteiger partial charge in [0.1, 0.15) is 17.6 Å². The molecular formula is C14H10FNO. The number of hydrogen-bond donors (Lipinski definition) is 0. The van der Waals surface area contributed by atoms with Crippen LogP contribution in [0.4, 0.5) is 4.39 Å². The Labute approximate surface area is 98.9 Å². The van der Waals surface area contributed by atoms with Gasteiger partial charge in [0, 0.05) is 0 Å². The van der Waals surface area contributed by atoms with E-state index in [9.17, 15) is 4.39 Å². The van der Waals surface area contributed by atoms with Crippen LogP contribution in [0, 0.1) is 17.1 Å². The lowest BCUT2D eigenvalue weighted by Gasteiger charge is -2.04. The second-order valence-corrected chi connectivity index (χ2v) is 3.48. The van der Waals surface area contributed by atoms with Crippen LogP contribution in [0.5, 0.6) is 5.75 Å². The largest absolute Gasteiger partial charge is 0.479 e. The molecular weight excluding hydrogens is 217 g/mol. The van der Waals surface area contributed by atoms with Crippen LogP contribution in [0.3, 0.4) is 0 Å². The third-order valence-electron chi connectivity index (χ3n) is 2.34. The predicted octanol–water partition coefficient (Wildman–Crippen LogP) is 3.40. The average molecular weight is 227 g/mol. The van der Waals surface area contributed by atoms with Gasteiger partial charge in [-0.15, -0.1) is 0 Å². The van der Waals surface area contributed by atoms with Gasteiger partial charge in [-0.3, -0.25) is 0 Å². The molecule has 0 bridgehead atoms. The van der Waals surface area contributed by atoms with Gasteiger partial charge in [0.25, 0.3) is 0 Å². The van der Waals surface area contributed by atoms with E-state index in [0.29, 0.717) is 5.75 Å². The highest BCUT2D eigenvalue weighted by atomic mass is 19.1. The van der Waals surface area contributed by atoms with Gasteiger partial charge < -0.3 is 4.74 Å². The minimum atomic E-state index is -0.247. The van der Waals surface area contributed by atoms with E-state index >= 15 is 0 Å². The summed E-state index contributed by atoms with van der Waals surface area (Å²) in [6.07, 6.45) is 0. The van der Waals surface area contributed by atoms with Crippen molar-refractivity contribution in [2.24, 2.45) is 0 Å². The Balaban J connectivity index is 2.18. The van der Waals surface area contributed by atoms with Gasteiger partial charge in [0.15, 0.2) is 6.61 Å². The third-order valence-corrected chi connectivity index (χ3v) is 2.34. The highest BCUT2D eigenvalue weighted by Gasteiger charge is 1.99. The van der Waals surface area contributed by atoms with E-state index in [-0.39, 0.29) is 12.4 Å². The van der Waals surface area contributed by atoms with Crippen LogP contribution in [0.15, 0.2) is 48.5 Å². The molecule has 0 aromatic heterocycles. The lowest BCUT2D eigenvalue weighted by Crippen LogP contribution is -1.92. The topological polar surface area (TPSA) is 33.0 Å². The van der Waals surface area contributed by atoms with Gasteiger partial charge in [-0.25, -0.2) is 4.39 Å². The number of benzene rings is 2. The van der Waals surface area contributed by atoms with E-state index < -0.39 is 0 Å².